The second-order valence-corrected chi connectivity index (χ2v) is 5.08. The van der Waals surface area contributed by atoms with Crippen molar-refractivity contribution in [2.75, 3.05) is 5.32 Å². The first kappa shape index (κ1) is 16.0. The van der Waals surface area contributed by atoms with E-state index in [9.17, 15) is 18.0 Å². The number of carbonyl (C=O) groups excluding carboxylic acids is 1. The van der Waals surface area contributed by atoms with E-state index >= 15 is 0 Å². The van der Waals surface area contributed by atoms with Crippen LogP contribution in [-0.2, 0) is 11.0 Å². The van der Waals surface area contributed by atoms with Crippen LogP contribution in [0.3, 0.4) is 0 Å². The summed E-state index contributed by atoms with van der Waals surface area (Å²) in [5.74, 6) is -0.618. The Morgan fingerprint density at radius 3 is 2.45 bits per heavy atom. The van der Waals surface area contributed by atoms with Crippen molar-refractivity contribution in [3.05, 3.63) is 29.3 Å². The van der Waals surface area contributed by atoms with Gasteiger partial charge in [-0.15, -0.1) is 0 Å². The Labute approximate surface area is 114 Å². The summed E-state index contributed by atoms with van der Waals surface area (Å²) in [6.45, 7) is 3.19. The number of alkyl halides is 3. The molecule has 0 heterocycles. The number of hydrogen-bond donors (Lipinski definition) is 2. The Hall–Kier alpha value is -2.07. The SMILES string of the molecule is CC(C)(N)CC(=O)Nc1ccc(C#N)cc1C(F)(F)F. The summed E-state index contributed by atoms with van der Waals surface area (Å²) < 4.78 is 38.6. The van der Waals surface area contributed by atoms with Crippen LogP contribution in [0.25, 0.3) is 0 Å². The molecule has 0 saturated heterocycles. The summed E-state index contributed by atoms with van der Waals surface area (Å²) in [5, 5.41) is 10.8. The number of rotatable bonds is 3. The van der Waals surface area contributed by atoms with Gasteiger partial charge in [-0.25, -0.2) is 0 Å². The molecule has 1 aromatic carbocycles. The maximum atomic E-state index is 12.9. The van der Waals surface area contributed by atoms with E-state index in [1.165, 1.54) is 6.07 Å². The second kappa shape index (κ2) is 5.51. The number of nitrogens with two attached hydrogens (primary N) is 1. The van der Waals surface area contributed by atoms with Crippen molar-refractivity contribution < 1.29 is 18.0 Å². The highest BCUT2D eigenvalue weighted by Gasteiger charge is 2.34. The highest BCUT2D eigenvalue weighted by atomic mass is 19.4. The third-order valence-electron chi connectivity index (χ3n) is 2.34. The zero-order valence-electron chi connectivity index (χ0n) is 11.0. The average Bonchev–Trinajstić information content (AvgIpc) is 2.25. The van der Waals surface area contributed by atoms with E-state index in [0.717, 1.165) is 6.07 Å². The molecule has 0 aliphatic carbocycles. The molecular formula is C13H14F3N3O. The van der Waals surface area contributed by atoms with E-state index < -0.39 is 23.2 Å². The van der Waals surface area contributed by atoms with Gasteiger partial charge in [-0.05, 0) is 32.0 Å². The quantitative estimate of drug-likeness (QED) is 0.896. The Kier molecular flexibility index (Phi) is 4.40. The van der Waals surface area contributed by atoms with Crippen LogP contribution in [0.15, 0.2) is 18.2 Å². The topological polar surface area (TPSA) is 78.9 Å². The van der Waals surface area contributed by atoms with Gasteiger partial charge in [0.15, 0.2) is 0 Å². The minimum atomic E-state index is -4.66. The highest BCUT2D eigenvalue weighted by Crippen LogP contribution is 2.35. The van der Waals surface area contributed by atoms with Crippen molar-refractivity contribution in [3.8, 4) is 6.07 Å². The van der Waals surface area contributed by atoms with Crippen LogP contribution in [0.5, 0.6) is 0 Å². The summed E-state index contributed by atoms with van der Waals surface area (Å²) in [6, 6.07) is 4.59. The first-order chi connectivity index (χ1) is 9.03. The van der Waals surface area contributed by atoms with Crippen LogP contribution in [0.2, 0.25) is 0 Å². The van der Waals surface area contributed by atoms with Gasteiger partial charge in [0.2, 0.25) is 5.91 Å². The van der Waals surface area contributed by atoms with E-state index in [2.05, 4.69) is 5.32 Å². The van der Waals surface area contributed by atoms with Crippen LogP contribution >= 0.6 is 0 Å². The van der Waals surface area contributed by atoms with Gasteiger partial charge in [0, 0.05) is 12.0 Å². The van der Waals surface area contributed by atoms with Crippen LogP contribution in [0.1, 0.15) is 31.4 Å². The largest absolute Gasteiger partial charge is 0.418 e. The molecule has 0 aliphatic heterocycles. The van der Waals surface area contributed by atoms with Gasteiger partial charge in [-0.3, -0.25) is 4.79 Å². The average molecular weight is 285 g/mol. The standard InChI is InChI=1S/C13H14F3N3O/c1-12(2,18)6-11(20)19-10-4-3-8(7-17)5-9(10)13(14,15)16/h3-5H,6,18H2,1-2H3,(H,19,20). The monoisotopic (exact) mass is 285 g/mol. The summed E-state index contributed by atoms with van der Waals surface area (Å²) in [7, 11) is 0. The first-order valence-corrected chi connectivity index (χ1v) is 5.73. The molecule has 0 aliphatic rings. The molecule has 3 N–H and O–H groups in total. The molecule has 108 valence electrons. The lowest BCUT2D eigenvalue weighted by atomic mass is 10.0. The Balaban J connectivity index is 3.07. The van der Waals surface area contributed by atoms with Crippen LogP contribution in [0.4, 0.5) is 18.9 Å². The van der Waals surface area contributed by atoms with E-state index in [1.807, 2.05) is 0 Å². The van der Waals surface area contributed by atoms with Crippen molar-refractivity contribution >= 4 is 11.6 Å². The summed E-state index contributed by atoms with van der Waals surface area (Å²) in [5.41, 5.74) is 3.24. The zero-order valence-corrected chi connectivity index (χ0v) is 11.0. The van der Waals surface area contributed by atoms with Gasteiger partial charge in [0.25, 0.3) is 0 Å². The van der Waals surface area contributed by atoms with Crippen LogP contribution in [0, 0.1) is 11.3 Å². The van der Waals surface area contributed by atoms with Crippen molar-refractivity contribution in [2.45, 2.75) is 32.0 Å². The molecule has 0 atom stereocenters. The molecule has 0 radical (unpaired) electrons. The summed E-state index contributed by atoms with van der Waals surface area (Å²) >= 11 is 0. The molecule has 0 aromatic heterocycles. The number of benzene rings is 1. The van der Waals surface area contributed by atoms with Gasteiger partial charge in [-0.1, -0.05) is 0 Å². The van der Waals surface area contributed by atoms with Crippen molar-refractivity contribution in [3.63, 3.8) is 0 Å². The van der Waals surface area contributed by atoms with Crippen molar-refractivity contribution in [1.82, 2.24) is 0 Å². The lowest BCUT2D eigenvalue weighted by Gasteiger charge is -2.19. The molecule has 4 nitrogen and oxygen atoms in total. The molecule has 1 amide bonds. The summed E-state index contributed by atoms with van der Waals surface area (Å²) in [4.78, 5) is 11.6. The highest BCUT2D eigenvalue weighted by molar-refractivity contribution is 5.92. The lowest BCUT2D eigenvalue weighted by Crippen LogP contribution is -2.36. The molecule has 7 heteroatoms. The van der Waals surface area contributed by atoms with Gasteiger partial charge in [0.1, 0.15) is 0 Å². The first-order valence-electron chi connectivity index (χ1n) is 5.73. The minimum Gasteiger partial charge on any atom is -0.325 e. The molecule has 0 fully saturated rings. The molecule has 20 heavy (non-hydrogen) atoms. The van der Waals surface area contributed by atoms with Crippen LogP contribution in [-0.4, -0.2) is 11.4 Å². The molecule has 1 aromatic rings. The number of nitriles is 1. The number of anilines is 1. The van der Waals surface area contributed by atoms with E-state index in [4.69, 9.17) is 11.0 Å². The number of hydrogen-bond acceptors (Lipinski definition) is 3. The van der Waals surface area contributed by atoms with Gasteiger partial charge >= 0.3 is 6.18 Å². The van der Waals surface area contributed by atoms with E-state index in [-0.39, 0.29) is 17.7 Å². The van der Waals surface area contributed by atoms with Crippen molar-refractivity contribution in [1.29, 1.82) is 5.26 Å². The van der Waals surface area contributed by atoms with E-state index in [1.54, 1.807) is 19.9 Å². The number of halogens is 3. The third kappa shape index (κ3) is 4.55. The molecule has 0 spiro atoms. The Bertz CT molecular complexity index is 553. The second-order valence-electron chi connectivity index (χ2n) is 5.08. The maximum Gasteiger partial charge on any atom is 0.418 e. The summed E-state index contributed by atoms with van der Waals surface area (Å²) in [6.07, 6.45) is -4.78. The zero-order chi connectivity index (χ0) is 15.6. The van der Waals surface area contributed by atoms with Gasteiger partial charge in [0.05, 0.1) is 22.9 Å². The van der Waals surface area contributed by atoms with Gasteiger partial charge in [-0.2, -0.15) is 18.4 Å². The van der Waals surface area contributed by atoms with E-state index in [0.29, 0.717) is 6.07 Å². The number of amides is 1. The van der Waals surface area contributed by atoms with Crippen LogP contribution < -0.4 is 11.1 Å². The fraction of sp³-hybridized carbons (Fsp3) is 0.385. The minimum absolute atomic E-state index is 0.121. The molecule has 0 bridgehead atoms. The fourth-order valence-corrected chi connectivity index (χ4v) is 1.57. The predicted molar refractivity (Wildman–Crippen MR) is 67.7 cm³/mol. The molecule has 0 saturated carbocycles. The number of carbonyl (C=O) groups is 1. The van der Waals surface area contributed by atoms with Crippen molar-refractivity contribution in [2.24, 2.45) is 5.73 Å². The number of nitrogens with zero attached hydrogens (tertiary/aromatic N) is 1. The Morgan fingerprint density at radius 2 is 2.00 bits per heavy atom. The number of nitrogens with one attached hydrogen (secondary N) is 1. The predicted octanol–water partition coefficient (Wildman–Crippen LogP) is 2.64. The third-order valence-corrected chi connectivity index (χ3v) is 2.34. The lowest BCUT2D eigenvalue weighted by molar-refractivity contribution is -0.137. The molecule has 1 rings (SSSR count). The maximum absolute atomic E-state index is 12.9. The smallest absolute Gasteiger partial charge is 0.325 e. The molecule has 0 unspecified atom stereocenters. The van der Waals surface area contributed by atoms with Gasteiger partial charge < -0.3 is 11.1 Å². The molecular weight excluding hydrogens is 271 g/mol. The Morgan fingerprint density at radius 1 is 1.40 bits per heavy atom. The normalized spacial score (nSPS) is 11.8. The fourth-order valence-electron chi connectivity index (χ4n) is 1.57.